The van der Waals surface area contributed by atoms with Gasteiger partial charge in [0.05, 0.1) is 6.33 Å². The molecule has 72 valence electrons. The number of para-hydroxylation sites is 1. The molecule has 1 aromatic carbocycles. The molecule has 0 radical (unpaired) electrons. The molecule has 0 saturated heterocycles. The fraction of sp³-hybridized carbons (Fsp3) is 0. The van der Waals surface area contributed by atoms with Crippen LogP contribution in [0.2, 0.25) is 0 Å². The third kappa shape index (κ3) is 1.52. The number of halogens is 1. The normalized spacial score (nSPS) is 10.1. The molecule has 0 aliphatic heterocycles. The summed E-state index contributed by atoms with van der Waals surface area (Å²) in [6, 6.07) is 6.05. The van der Waals surface area contributed by atoms with Gasteiger partial charge in [-0.05, 0) is 12.1 Å². The van der Waals surface area contributed by atoms with Crippen LogP contribution in [0.15, 0.2) is 30.6 Å². The molecule has 0 atom stereocenters. The zero-order valence-electron chi connectivity index (χ0n) is 7.20. The molecule has 2 rings (SSSR count). The number of aromatic amines is 1. The van der Waals surface area contributed by atoms with E-state index >= 15 is 0 Å². The van der Waals surface area contributed by atoms with E-state index in [2.05, 4.69) is 9.97 Å². The average Bonchev–Trinajstić information content (AvgIpc) is 2.56. The first-order valence-electron chi connectivity index (χ1n) is 3.98. The molecule has 0 bridgehead atoms. The summed E-state index contributed by atoms with van der Waals surface area (Å²) in [7, 11) is 0. The zero-order valence-corrected chi connectivity index (χ0v) is 7.20. The number of aromatic nitrogens is 2. The second-order valence-electron chi connectivity index (χ2n) is 2.65. The summed E-state index contributed by atoms with van der Waals surface area (Å²) in [6.45, 7) is 0. The predicted octanol–water partition coefficient (Wildman–Crippen LogP) is 1.92. The molecule has 2 aromatic rings. The highest BCUT2D eigenvalue weighted by Crippen LogP contribution is 2.25. The minimum atomic E-state index is -0.449. The number of H-pyrrole nitrogens is 1. The summed E-state index contributed by atoms with van der Waals surface area (Å²) >= 11 is 0. The van der Waals surface area contributed by atoms with Crippen LogP contribution < -0.4 is 10.5 Å². The van der Waals surface area contributed by atoms with Gasteiger partial charge in [-0.1, -0.05) is 12.1 Å². The second-order valence-corrected chi connectivity index (χ2v) is 2.65. The fourth-order valence-corrected chi connectivity index (χ4v) is 1.00. The highest BCUT2D eigenvalue weighted by Gasteiger charge is 2.07. The Bertz CT molecular complexity index is 441. The summed E-state index contributed by atoms with van der Waals surface area (Å²) in [5.74, 6) is 0.101. The van der Waals surface area contributed by atoms with Gasteiger partial charge in [0.1, 0.15) is 0 Å². The maximum absolute atomic E-state index is 13.1. The van der Waals surface area contributed by atoms with E-state index in [9.17, 15) is 4.39 Å². The maximum atomic E-state index is 13.1. The number of hydrogen-bond acceptors (Lipinski definition) is 3. The van der Waals surface area contributed by atoms with Crippen LogP contribution in [0.25, 0.3) is 0 Å². The molecule has 0 saturated carbocycles. The number of nitrogens with one attached hydrogen (secondary N) is 1. The monoisotopic (exact) mass is 193 g/mol. The number of nitrogen functional groups attached to an aromatic ring is 1. The van der Waals surface area contributed by atoms with Crippen molar-refractivity contribution in [3.05, 3.63) is 36.4 Å². The Morgan fingerprint density at radius 2 is 2.14 bits per heavy atom. The molecule has 0 unspecified atom stereocenters. The molecular formula is C9H8FN3O. The Kier molecular flexibility index (Phi) is 2.06. The van der Waals surface area contributed by atoms with Crippen molar-refractivity contribution in [3.8, 4) is 11.6 Å². The molecule has 0 aliphatic carbocycles. The van der Waals surface area contributed by atoms with E-state index in [1.807, 2.05) is 0 Å². The lowest BCUT2D eigenvalue weighted by molar-refractivity contribution is 0.431. The molecule has 0 fully saturated rings. The lowest BCUT2D eigenvalue weighted by Crippen LogP contribution is -1.92. The van der Waals surface area contributed by atoms with Crippen LogP contribution in [0.3, 0.4) is 0 Å². The Balaban J connectivity index is 2.28. The van der Waals surface area contributed by atoms with Gasteiger partial charge in [-0.3, -0.25) is 0 Å². The molecule has 0 spiro atoms. The first-order valence-corrected chi connectivity index (χ1v) is 3.98. The van der Waals surface area contributed by atoms with Crippen LogP contribution in [0, 0.1) is 5.82 Å². The van der Waals surface area contributed by atoms with Crippen LogP contribution in [-0.4, -0.2) is 9.97 Å². The van der Waals surface area contributed by atoms with Gasteiger partial charge in [-0.25, -0.2) is 9.37 Å². The Morgan fingerprint density at radius 1 is 1.36 bits per heavy atom. The predicted molar refractivity (Wildman–Crippen MR) is 49.5 cm³/mol. The number of rotatable bonds is 2. The molecule has 4 nitrogen and oxygen atoms in total. The van der Waals surface area contributed by atoms with Crippen molar-refractivity contribution in [3.63, 3.8) is 0 Å². The third-order valence-corrected chi connectivity index (χ3v) is 1.68. The quantitative estimate of drug-likeness (QED) is 0.765. The van der Waals surface area contributed by atoms with Crippen LogP contribution >= 0.6 is 0 Å². The van der Waals surface area contributed by atoms with E-state index < -0.39 is 5.82 Å². The molecule has 0 aliphatic rings. The van der Waals surface area contributed by atoms with Crippen molar-refractivity contribution in [1.29, 1.82) is 0 Å². The molecule has 14 heavy (non-hydrogen) atoms. The lowest BCUT2D eigenvalue weighted by atomic mass is 10.3. The van der Waals surface area contributed by atoms with Crippen molar-refractivity contribution >= 4 is 5.82 Å². The minimum Gasteiger partial charge on any atom is -0.433 e. The number of ether oxygens (including phenoxy) is 1. The van der Waals surface area contributed by atoms with E-state index in [0.29, 0.717) is 0 Å². The highest BCUT2D eigenvalue weighted by atomic mass is 19.1. The van der Waals surface area contributed by atoms with E-state index in [1.54, 1.807) is 12.1 Å². The van der Waals surface area contributed by atoms with Gasteiger partial charge in [-0.2, -0.15) is 0 Å². The summed E-state index contributed by atoms with van der Waals surface area (Å²) in [4.78, 5) is 6.41. The summed E-state index contributed by atoms with van der Waals surface area (Å²) < 4.78 is 18.2. The Morgan fingerprint density at radius 3 is 2.79 bits per heavy atom. The average molecular weight is 193 g/mol. The Hall–Kier alpha value is -2.04. The summed E-state index contributed by atoms with van der Waals surface area (Å²) in [5.41, 5.74) is 5.47. The second kappa shape index (κ2) is 3.37. The zero-order chi connectivity index (χ0) is 9.97. The van der Waals surface area contributed by atoms with Gasteiger partial charge in [0.25, 0.3) is 5.88 Å². The van der Waals surface area contributed by atoms with Crippen molar-refractivity contribution in [2.24, 2.45) is 0 Å². The lowest BCUT2D eigenvalue weighted by Gasteiger charge is -2.03. The number of nitrogens with zero attached hydrogens (tertiary/aromatic N) is 1. The first kappa shape index (κ1) is 8.55. The van der Waals surface area contributed by atoms with E-state index in [1.165, 1.54) is 18.5 Å². The molecule has 3 N–H and O–H groups in total. The van der Waals surface area contributed by atoms with Crippen LogP contribution in [0.4, 0.5) is 10.2 Å². The number of nitrogens with two attached hydrogens (primary N) is 1. The smallest absolute Gasteiger partial charge is 0.262 e. The standard InChI is InChI=1S/C9H8FN3O/c10-6-3-1-2-4-7(6)14-9-8(11)12-5-13-9/h1-5H,11H2,(H,12,13). The topological polar surface area (TPSA) is 63.9 Å². The van der Waals surface area contributed by atoms with Gasteiger partial charge in [0.2, 0.25) is 0 Å². The molecule has 5 heteroatoms. The highest BCUT2D eigenvalue weighted by molar-refractivity contribution is 5.42. The van der Waals surface area contributed by atoms with Crippen molar-refractivity contribution < 1.29 is 9.13 Å². The number of imidazole rings is 1. The van der Waals surface area contributed by atoms with Gasteiger partial charge in [-0.15, -0.1) is 0 Å². The number of benzene rings is 1. The van der Waals surface area contributed by atoms with E-state index in [-0.39, 0.29) is 17.4 Å². The van der Waals surface area contributed by atoms with Gasteiger partial charge < -0.3 is 15.5 Å². The van der Waals surface area contributed by atoms with Crippen LogP contribution in [0.1, 0.15) is 0 Å². The van der Waals surface area contributed by atoms with Crippen LogP contribution in [-0.2, 0) is 0 Å². The molecule has 1 heterocycles. The molecule has 1 aromatic heterocycles. The summed E-state index contributed by atoms with van der Waals surface area (Å²) in [5, 5.41) is 0. The number of hydrogen-bond donors (Lipinski definition) is 2. The minimum absolute atomic E-state index is 0.103. The SMILES string of the molecule is Nc1[nH]cnc1Oc1ccccc1F. The van der Waals surface area contributed by atoms with Gasteiger partial charge in [0.15, 0.2) is 17.4 Å². The van der Waals surface area contributed by atoms with Crippen molar-refractivity contribution in [1.82, 2.24) is 9.97 Å². The summed E-state index contributed by atoms with van der Waals surface area (Å²) in [6.07, 6.45) is 1.38. The van der Waals surface area contributed by atoms with Crippen LogP contribution in [0.5, 0.6) is 11.6 Å². The van der Waals surface area contributed by atoms with Crippen molar-refractivity contribution in [2.75, 3.05) is 5.73 Å². The first-order chi connectivity index (χ1) is 6.77. The molecule has 0 amide bonds. The van der Waals surface area contributed by atoms with E-state index in [0.717, 1.165) is 0 Å². The third-order valence-electron chi connectivity index (χ3n) is 1.68. The van der Waals surface area contributed by atoms with E-state index in [4.69, 9.17) is 10.5 Å². The largest absolute Gasteiger partial charge is 0.433 e. The Labute approximate surface area is 79.5 Å². The number of anilines is 1. The fourth-order valence-electron chi connectivity index (χ4n) is 1.00. The maximum Gasteiger partial charge on any atom is 0.262 e. The van der Waals surface area contributed by atoms with Crippen molar-refractivity contribution in [2.45, 2.75) is 0 Å². The van der Waals surface area contributed by atoms with Gasteiger partial charge >= 0.3 is 0 Å². The molecular weight excluding hydrogens is 185 g/mol. The van der Waals surface area contributed by atoms with Gasteiger partial charge in [0, 0.05) is 0 Å².